The molecular formula is C23H31N3O3. The largest absolute Gasteiger partial charge is 0.375 e. The topological polar surface area (TPSA) is 54.8 Å². The Morgan fingerprint density at radius 1 is 1.14 bits per heavy atom. The molecule has 1 aromatic carbocycles. The molecule has 1 aromatic heterocycles. The van der Waals surface area contributed by atoms with Crippen molar-refractivity contribution in [2.45, 2.75) is 45.8 Å². The van der Waals surface area contributed by atoms with Gasteiger partial charge in [0.2, 0.25) is 11.8 Å². The fourth-order valence-electron chi connectivity index (χ4n) is 4.00. The molecule has 0 bridgehead atoms. The maximum absolute atomic E-state index is 13.5. The van der Waals surface area contributed by atoms with Crippen molar-refractivity contribution in [1.29, 1.82) is 0 Å². The molecule has 0 saturated carbocycles. The lowest BCUT2D eigenvalue weighted by molar-refractivity contribution is -0.148. The number of amides is 2. The molecule has 0 unspecified atom stereocenters. The number of hydrogen-bond acceptors (Lipinski definition) is 3. The van der Waals surface area contributed by atoms with E-state index in [2.05, 4.69) is 35.9 Å². The first-order valence-corrected chi connectivity index (χ1v) is 10.0. The predicted octanol–water partition coefficient (Wildman–Crippen LogP) is 3.00. The van der Waals surface area contributed by atoms with Crippen LogP contribution in [0.3, 0.4) is 0 Å². The predicted molar refractivity (Wildman–Crippen MR) is 113 cm³/mol. The number of aromatic nitrogens is 1. The Kier molecular flexibility index (Phi) is 6.13. The molecular weight excluding hydrogens is 366 g/mol. The minimum atomic E-state index is -0.473. The maximum Gasteiger partial charge on any atom is 0.249 e. The van der Waals surface area contributed by atoms with Gasteiger partial charge in [0.1, 0.15) is 13.2 Å². The van der Waals surface area contributed by atoms with Gasteiger partial charge in [0.05, 0.1) is 6.04 Å². The van der Waals surface area contributed by atoms with Crippen LogP contribution in [0.25, 0.3) is 0 Å². The molecule has 0 spiro atoms. The summed E-state index contributed by atoms with van der Waals surface area (Å²) in [6.07, 6.45) is 2.06. The third-order valence-corrected chi connectivity index (χ3v) is 5.51. The summed E-state index contributed by atoms with van der Waals surface area (Å²) in [6.45, 7) is 9.25. The van der Waals surface area contributed by atoms with Gasteiger partial charge >= 0.3 is 0 Å². The summed E-state index contributed by atoms with van der Waals surface area (Å²) in [5.74, 6) is -0.230. The van der Waals surface area contributed by atoms with Crippen LogP contribution < -0.4 is 0 Å². The number of fused-ring (bicyclic) bond motifs is 1. The highest BCUT2D eigenvalue weighted by Gasteiger charge is 2.36. The maximum atomic E-state index is 13.5. The lowest BCUT2D eigenvalue weighted by atomic mass is 9.95. The van der Waals surface area contributed by atoms with E-state index in [-0.39, 0.29) is 31.0 Å². The second-order valence-electron chi connectivity index (χ2n) is 8.56. The molecule has 29 heavy (non-hydrogen) atoms. The van der Waals surface area contributed by atoms with Gasteiger partial charge in [-0.25, -0.2) is 0 Å². The normalized spacial score (nSPS) is 16.4. The van der Waals surface area contributed by atoms with E-state index in [1.807, 2.05) is 43.9 Å². The van der Waals surface area contributed by atoms with E-state index < -0.39 is 5.54 Å². The molecule has 1 atom stereocenters. The zero-order valence-electron chi connectivity index (χ0n) is 18.0. The highest BCUT2D eigenvalue weighted by Crippen LogP contribution is 2.34. The van der Waals surface area contributed by atoms with Crippen LogP contribution in [0.1, 0.15) is 43.6 Å². The minimum Gasteiger partial charge on any atom is -0.375 e. The number of methoxy groups -OCH3 is 1. The molecule has 1 aliphatic heterocycles. The Morgan fingerprint density at radius 3 is 2.52 bits per heavy atom. The monoisotopic (exact) mass is 397 g/mol. The lowest BCUT2D eigenvalue weighted by Gasteiger charge is -2.41. The number of ether oxygens (including phenoxy) is 1. The van der Waals surface area contributed by atoms with Crippen LogP contribution in [-0.4, -0.2) is 58.5 Å². The van der Waals surface area contributed by atoms with Crippen LogP contribution in [0.15, 0.2) is 42.6 Å². The van der Waals surface area contributed by atoms with Crippen LogP contribution in [0.4, 0.5) is 0 Å². The summed E-state index contributed by atoms with van der Waals surface area (Å²) in [5, 5.41) is 0. The van der Waals surface area contributed by atoms with Crippen molar-refractivity contribution in [3.63, 3.8) is 0 Å². The van der Waals surface area contributed by atoms with Gasteiger partial charge in [0, 0.05) is 37.6 Å². The Hall–Kier alpha value is -2.60. The second kappa shape index (κ2) is 8.41. The number of carbonyl (C=O) groups excluding carboxylic acids is 2. The number of rotatable bonds is 5. The molecule has 156 valence electrons. The average molecular weight is 398 g/mol. The van der Waals surface area contributed by atoms with Crippen LogP contribution in [-0.2, 0) is 20.9 Å². The van der Waals surface area contributed by atoms with Gasteiger partial charge in [0.25, 0.3) is 0 Å². The third-order valence-electron chi connectivity index (χ3n) is 5.51. The summed E-state index contributed by atoms with van der Waals surface area (Å²) in [5.41, 5.74) is 2.89. The smallest absolute Gasteiger partial charge is 0.249 e. The second-order valence-corrected chi connectivity index (χ2v) is 8.56. The summed E-state index contributed by atoms with van der Waals surface area (Å²) < 4.78 is 7.24. The minimum absolute atomic E-state index is 0.0331. The molecule has 0 aliphatic carbocycles. The molecule has 6 nitrogen and oxygen atoms in total. The van der Waals surface area contributed by atoms with E-state index in [0.717, 1.165) is 23.4 Å². The van der Waals surface area contributed by atoms with Crippen LogP contribution >= 0.6 is 0 Å². The van der Waals surface area contributed by atoms with Crippen LogP contribution in [0.5, 0.6) is 0 Å². The van der Waals surface area contributed by atoms with Gasteiger partial charge in [-0.15, -0.1) is 0 Å². The number of aryl methyl sites for hydroxylation is 1. The van der Waals surface area contributed by atoms with E-state index in [1.54, 1.807) is 4.90 Å². The van der Waals surface area contributed by atoms with Crippen molar-refractivity contribution >= 4 is 11.8 Å². The van der Waals surface area contributed by atoms with E-state index >= 15 is 0 Å². The van der Waals surface area contributed by atoms with Gasteiger partial charge < -0.3 is 19.1 Å². The van der Waals surface area contributed by atoms with Gasteiger partial charge in [-0.3, -0.25) is 9.59 Å². The quantitative estimate of drug-likeness (QED) is 0.779. The Labute approximate surface area is 173 Å². The first-order chi connectivity index (χ1) is 13.7. The van der Waals surface area contributed by atoms with Crippen molar-refractivity contribution in [1.82, 2.24) is 14.4 Å². The standard InChI is InChI=1S/C23H31N3O3/c1-17-9-6-7-10-18(17)22-19-11-8-12-24(19)13-14-25(22)20(27)15-26(23(2,3)4)21(28)16-29-5/h6-12,22H,13-16H2,1-5H3/t22-/m1/s1. The average Bonchev–Trinajstić information content (AvgIpc) is 3.13. The van der Waals surface area contributed by atoms with Gasteiger partial charge in [-0.1, -0.05) is 24.3 Å². The number of nitrogens with zero attached hydrogens (tertiary/aromatic N) is 3. The van der Waals surface area contributed by atoms with Gasteiger partial charge in [-0.05, 0) is 51.0 Å². The fourth-order valence-corrected chi connectivity index (χ4v) is 4.00. The van der Waals surface area contributed by atoms with Crippen molar-refractivity contribution in [2.75, 3.05) is 26.8 Å². The van der Waals surface area contributed by atoms with Gasteiger partial charge in [0.15, 0.2) is 0 Å². The Balaban J connectivity index is 1.94. The van der Waals surface area contributed by atoms with E-state index in [0.29, 0.717) is 6.54 Å². The SMILES string of the molecule is COCC(=O)N(CC(=O)N1CCn2cccc2[C@H]1c1ccccc1C)C(C)(C)C. The van der Waals surface area contributed by atoms with Gasteiger partial charge in [-0.2, -0.15) is 0 Å². The molecule has 0 fully saturated rings. The first-order valence-electron chi connectivity index (χ1n) is 10.0. The molecule has 0 saturated heterocycles. The zero-order chi connectivity index (χ0) is 21.2. The molecule has 1 aliphatic rings. The van der Waals surface area contributed by atoms with Crippen molar-refractivity contribution in [3.8, 4) is 0 Å². The molecule has 2 heterocycles. The van der Waals surface area contributed by atoms with Crippen molar-refractivity contribution < 1.29 is 14.3 Å². The number of carbonyl (C=O) groups is 2. The summed E-state index contributed by atoms with van der Waals surface area (Å²) >= 11 is 0. The Morgan fingerprint density at radius 2 is 1.86 bits per heavy atom. The molecule has 2 aromatic rings. The lowest BCUT2D eigenvalue weighted by Crippen LogP contribution is -2.54. The van der Waals surface area contributed by atoms with E-state index in [1.165, 1.54) is 7.11 Å². The molecule has 0 radical (unpaired) electrons. The highest BCUT2D eigenvalue weighted by molar-refractivity contribution is 5.86. The molecule has 6 heteroatoms. The third kappa shape index (κ3) is 4.37. The molecule has 2 amide bonds. The zero-order valence-corrected chi connectivity index (χ0v) is 18.0. The summed E-state index contributed by atoms with van der Waals surface area (Å²) in [7, 11) is 1.49. The van der Waals surface area contributed by atoms with E-state index in [9.17, 15) is 9.59 Å². The number of hydrogen-bond donors (Lipinski definition) is 0. The van der Waals surface area contributed by atoms with Crippen molar-refractivity contribution in [2.24, 2.45) is 0 Å². The summed E-state index contributed by atoms with van der Waals surface area (Å²) in [4.78, 5) is 29.6. The van der Waals surface area contributed by atoms with Crippen molar-refractivity contribution in [3.05, 3.63) is 59.4 Å². The van der Waals surface area contributed by atoms with Crippen LogP contribution in [0, 0.1) is 6.92 Å². The first kappa shape index (κ1) is 21.1. The number of benzene rings is 1. The fraction of sp³-hybridized carbons (Fsp3) is 0.478. The van der Waals surface area contributed by atoms with E-state index in [4.69, 9.17) is 4.74 Å². The molecule has 0 N–H and O–H groups in total. The highest BCUT2D eigenvalue weighted by atomic mass is 16.5. The van der Waals surface area contributed by atoms with Crippen LogP contribution in [0.2, 0.25) is 0 Å². The molecule has 3 rings (SSSR count). The Bertz CT molecular complexity index is 881. The summed E-state index contributed by atoms with van der Waals surface area (Å²) in [6, 6.07) is 12.1.